The molecule has 0 bridgehead atoms. The Bertz CT molecular complexity index is 714. The molecule has 18 heavy (non-hydrogen) atoms. The Kier molecular flexibility index (Phi) is 2.26. The minimum absolute atomic E-state index is 0.271. The molecule has 0 unspecified atom stereocenters. The van der Waals surface area contributed by atoms with E-state index >= 15 is 0 Å². The summed E-state index contributed by atoms with van der Waals surface area (Å²) in [5.74, 6) is -3.09. The molecule has 0 radical (unpaired) electrons. The second-order valence-electron chi connectivity index (χ2n) is 3.88. The predicted molar refractivity (Wildman–Crippen MR) is 62.7 cm³/mol. The molecule has 5 heteroatoms. The van der Waals surface area contributed by atoms with Crippen LogP contribution >= 0.6 is 0 Å². The molecule has 0 spiro atoms. The first-order chi connectivity index (χ1) is 8.66. The number of hydrogen-bond acceptors (Lipinski definition) is 2. The Labute approximate surface area is 101 Å². The van der Waals surface area contributed by atoms with Gasteiger partial charge < -0.3 is 5.11 Å². The van der Waals surface area contributed by atoms with E-state index in [1.807, 2.05) is 18.2 Å². The van der Waals surface area contributed by atoms with Crippen LogP contribution in [0.2, 0.25) is 0 Å². The first kappa shape index (κ1) is 10.7. The van der Waals surface area contributed by atoms with Crippen LogP contribution in [0.25, 0.3) is 16.6 Å². The zero-order valence-corrected chi connectivity index (χ0v) is 9.14. The molecule has 0 aliphatic carbocycles. The highest BCUT2D eigenvalue weighted by Gasteiger charge is 2.12. The van der Waals surface area contributed by atoms with E-state index in [0.717, 1.165) is 23.0 Å². The lowest BCUT2D eigenvalue weighted by molar-refractivity contribution is 0.406. The van der Waals surface area contributed by atoms with E-state index in [9.17, 15) is 13.9 Å². The van der Waals surface area contributed by atoms with Gasteiger partial charge in [0.1, 0.15) is 0 Å². The normalized spacial score (nSPS) is 11.0. The number of aromatic nitrogens is 2. The molecule has 0 saturated heterocycles. The standard InChI is InChI=1S/C13H8F2N2O/c14-10-5-9(6-12(18)13(10)15)17-11-4-2-1-3-8(11)7-16-17/h1-7,18H. The summed E-state index contributed by atoms with van der Waals surface area (Å²) in [6.45, 7) is 0. The fourth-order valence-electron chi connectivity index (χ4n) is 1.86. The monoisotopic (exact) mass is 246 g/mol. The van der Waals surface area contributed by atoms with E-state index in [1.165, 1.54) is 4.68 Å². The maximum absolute atomic E-state index is 13.3. The van der Waals surface area contributed by atoms with Gasteiger partial charge >= 0.3 is 0 Å². The molecule has 0 aliphatic heterocycles. The van der Waals surface area contributed by atoms with Gasteiger partial charge in [-0.3, -0.25) is 0 Å². The van der Waals surface area contributed by atoms with Crippen molar-refractivity contribution in [1.82, 2.24) is 9.78 Å². The second kappa shape index (κ2) is 3.80. The van der Waals surface area contributed by atoms with Crippen molar-refractivity contribution in [2.75, 3.05) is 0 Å². The zero-order valence-electron chi connectivity index (χ0n) is 9.14. The Hall–Kier alpha value is -2.43. The van der Waals surface area contributed by atoms with Crippen LogP contribution in [0.5, 0.6) is 5.75 Å². The van der Waals surface area contributed by atoms with Gasteiger partial charge in [-0.25, -0.2) is 9.07 Å². The SMILES string of the molecule is Oc1cc(-n2ncc3ccccc32)cc(F)c1F. The molecule has 1 heterocycles. The Morgan fingerprint density at radius 2 is 1.89 bits per heavy atom. The molecule has 0 saturated carbocycles. The molecule has 0 atom stereocenters. The number of aromatic hydroxyl groups is 1. The van der Waals surface area contributed by atoms with Crippen molar-refractivity contribution >= 4 is 10.9 Å². The molecule has 90 valence electrons. The van der Waals surface area contributed by atoms with Crippen LogP contribution in [0.15, 0.2) is 42.6 Å². The number of nitrogens with zero attached hydrogens (tertiary/aromatic N) is 2. The van der Waals surface area contributed by atoms with E-state index in [0.29, 0.717) is 0 Å². The first-order valence-electron chi connectivity index (χ1n) is 5.28. The third-order valence-electron chi connectivity index (χ3n) is 2.72. The molecule has 1 N–H and O–H groups in total. The number of rotatable bonds is 1. The third-order valence-corrected chi connectivity index (χ3v) is 2.72. The number of halogens is 2. The smallest absolute Gasteiger partial charge is 0.200 e. The summed E-state index contributed by atoms with van der Waals surface area (Å²) in [5, 5.41) is 14.3. The predicted octanol–water partition coefficient (Wildman–Crippen LogP) is 3.01. The highest BCUT2D eigenvalue weighted by molar-refractivity contribution is 5.80. The highest BCUT2D eigenvalue weighted by atomic mass is 19.2. The largest absolute Gasteiger partial charge is 0.505 e. The molecule has 3 rings (SSSR count). The molecule has 0 fully saturated rings. The van der Waals surface area contributed by atoms with Crippen LogP contribution in [0, 0.1) is 11.6 Å². The van der Waals surface area contributed by atoms with Crippen molar-refractivity contribution in [3.63, 3.8) is 0 Å². The summed E-state index contributed by atoms with van der Waals surface area (Å²) < 4.78 is 27.7. The van der Waals surface area contributed by atoms with E-state index in [4.69, 9.17) is 0 Å². The number of fused-ring (bicyclic) bond motifs is 1. The van der Waals surface area contributed by atoms with Crippen molar-refractivity contribution in [3.8, 4) is 11.4 Å². The minimum atomic E-state index is -1.25. The van der Waals surface area contributed by atoms with Crippen molar-refractivity contribution in [2.45, 2.75) is 0 Å². The van der Waals surface area contributed by atoms with Gasteiger partial charge in [0.25, 0.3) is 0 Å². The molecular formula is C13H8F2N2O. The van der Waals surface area contributed by atoms with E-state index in [-0.39, 0.29) is 5.69 Å². The molecule has 3 nitrogen and oxygen atoms in total. The van der Waals surface area contributed by atoms with Crippen LogP contribution in [0.4, 0.5) is 8.78 Å². The molecular weight excluding hydrogens is 238 g/mol. The highest BCUT2D eigenvalue weighted by Crippen LogP contribution is 2.25. The summed E-state index contributed by atoms with van der Waals surface area (Å²) in [6.07, 6.45) is 1.62. The van der Waals surface area contributed by atoms with Gasteiger partial charge in [-0.15, -0.1) is 0 Å². The van der Waals surface area contributed by atoms with E-state index < -0.39 is 17.4 Å². The number of hydrogen-bond donors (Lipinski definition) is 1. The van der Waals surface area contributed by atoms with Gasteiger partial charge in [0.2, 0.25) is 0 Å². The lowest BCUT2D eigenvalue weighted by Gasteiger charge is -2.05. The summed E-state index contributed by atoms with van der Waals surface area (Å²) in [5.41, 5.74) is 1.02. The van der Waals surface area contributed by atoms with Gasteiger partial charge in [-0.1, -0.05) is 18.2 Å². The van der Waals surface area contributed by atoms with Crippen LogP contribution in [0.3, 0.4) is 0 Å². The molecule has 1 aromatic heterocycles. The number of benzene rings is 2. The molecule has 0 aliphatic rings. The van der Waals surface area contributed by atoms with Crippen LogP contribution in [-0.2, 0) is 0 Å². The fraction of sp³-hybridized carbons (Fsp3) is 0. The lowest BCUT2D eigenvalue weighted by atomic mass is 10.2. The maximum atomic E-state index is 13.3. The van der Waals surface area contributed by atoms with Gasteiger partial charge in [-0.05, 0) is 6.07 Å². The Morgan fingerprint density at radius 3 is 2.67 bits per heavy atom. The summed E-state index contributed by atoms with van der Waals surface area (Å²) in [4.78, 5) is 0. The maximum Gasteiger partial charge on any atom is 0.200 e. The minimum Gasteiger partial charge on any atom is -0.505 e. The topological polar surface area (TPSA) is 38.0 Å². The van der Waals surface area contributed by atoms with Gasteiger partial charge in [-0.2, -0.15) is 9.49 Å². The fourth-order valence-corrected chi connectivity index (χ4v) is 1.86. The summed E-state index contributed by atoms with van der Waals surface area (Å²) in [7, 11) is 0. The van der Waals surface area contributed by atoms with Crippen LogP contribution < -0.4 is 0 Å². The number of phenolic OH excluding ortho intramolecular Hbond substituents is 1. The average Bonchev–Trinajstić information content (AvgIpc) is 2.79. The van der Waals surface area contributed by atoms with Gasteiger partial charge in [0.15, 0.2) is 17.4 Å². The van der Waals surface area contributed by atoms with Crippen LogP contribution in [-0.4, -0.2) is 14.9 Å². The molecule has 3 aromatic rings. The lowest BCUT2D eigenvalue weighted by Crippen LogP contribution is -1.98. The first-order valence-corrected chi connectivity index (χ1v) is 5.28. The number of para-hydroxylation sites is 1. The third kappa shape index (κ3) is 1.52. The van der Waals surface area contributed by atoms with Gasteiger partial charge in [0.05, 0.1) is 17.4 Å². The van der Waals surface area contributed by atoms with Crippen molar-refractivity contribution in [3.05, 3.63) is 54.2 Å². The van der Waals surface area contributed by atoms with Crippen LogP contribution in [0.1, 0.15) is 0 Å². The van der Waals surface area contributed by atoms with Crippen molar-refractivity contribution in [1.29, 1.82) is 0 Å². The van der Waals surface area contributed by atoms with E-state index in [2.05, 4.69) is 5.10 Å². The Morgan fingerprint density at radius 1 is 1.11 bits per heavy atom. The summed E-state index contributed by atoms with van der Waals surface area (Å²) >= 11 is 0. The van der Waals surface area contributed by atoms with Crippen molar-refractivity contribution in [2.24, 2.45) is 0 Å². The van der Waals surface area contributed by atoms with Crippen molar-refractivity contribution < 1.29 is 13.9 Å². The van der Waals surface area contributed by atoms with Gasteiger partial charge in [0, 0.05) is 17.5 Å². The number of phenols is 1. The Balaban J connectivity index is 2.26. The summed E-state index contributed by atoms with van der Waals surface area (Å²) in [6, 6.07) is 9.48. The molecule has 0 amide bonds. The zero-order chi connectivity index (χ0) is 12.7. The average molecular weight is 246 g/mol. The van der Waals surface area contributed by atoms with E-state index in [1.54, 1.807) is 12.3 Å². The quantitative estimate of drug-likeness (QED) is 0.716. The second-order valence-corrected chi connectivity index (χ2v) is 3.88. The molecule has 2 aromatic carbocycles.